The number of nitrogens with one attached hydrogen (secondary N) is 1. The molecule has 0 saturated carbocycles. The minimum absolute atomic E-state index is 0.194. The first kappa shape index (κ1) is 15.2. The zero-order valence-electron chi connectivity index (χ0n) is 8.78. The van der Waals surface area contributed by atoms with Crippen molar-refractivity contribution in [2.45, 2.75) is 0 Å². The van der Waals surface area contributed by atoms with Crippen molar-refractivity contribution in [3.8, 4) is 0 Å². The standard InChI is InChI=1S/C8H10N2O2.H2O4S/c1-10-7-3-5(8(11)12)2-6(9)4-7;1-5(2,3)4/h2-4,10H,9H2,1H3,(H,11,12);(H2,1,2,3,4). The van der Waals surface area contributed by atoms with E-state index in [2.05, 4.69) is 5.32 Å². The number of benzene rings is 1. The summed E-state index contributed by atoms with van der Waals surface area (Å²) in [6.07, 6.45) is 0. The fourth-order valence-corrected chi connectivity index (χ4v) is 0.919. The molecule has 6 N–H and O–H groups in total. The van der Waals surface area contributed by atoms with Crippen LogP contribution in [0.3, 0.4) is 0 Å². The van der Waals surface area contributed by atoms with E-state index in [0.717, 1.165) is 0 Å². The first-order chi connectivity index (χ1) is 7.63. The second kappa shape index (κ2) is 6.03. The first-order valence-corrected chi connectivity index (χ1v) is 5.54. The van der Waals surface area contributed by atoms with Gasteiger partial charge in [-0.3, -0.25) is 9.11 Å². The van der Waals surface area contributed by atoms with Gasteiger partial charge in [0, 0.05) is 18.4 Å². The van der Waals surface area contributed by atoms with Crippen LogP contribution in [0.1, 0.15) is 10.4 Å². The number of anilines is 2. The summed E-state index contributed by atoms with van der Waals surface area (Å²) in [5.74, 6) is -0.973. The molecule has 9 heteroatoms. The molecule has 0 radical (unpaired) electrons. The van der Waals surface area contributed by atoms with E-state index in [0.29, 0.717) is 11.4 Å². The molecule has 0 aliphatic carbocycles. The van der Waals surface area contributed by atoms with Gasteiger partial charge >= 0.3 is 16.4 Å². The van der Waals surface area contributed by atoms with Gasteiger partial charge in [-0.1, -0.05) is 0 Å². The quantitative estimate of drug-likeness (QED) is 0.379. The van der Waals surface area contributed by atoms with Crippen LogP contribution in [0.4, 0.5) is 11.4 Å². The Kier molecular flexibility index (Phi) is 5.38. The molecule has 0 amide bonds. The van der Waals surface area contributed by atoms with Gasteiger partial charge in [-0.2, -0.15) is 8.42 Å². The van der Waals surface area contributed by atoms with Gasteiger partial charge in [-0.25, -0.2) is 4.79 Å². The Morgan fingerprint density at radius 3 is 2.12 bits per heavy atom. The van der Waals surface area contributed by atoms with Gasteiger partial charge in [0.15, 0.2) is 0 Å². The van der Waals surface area contributed by atoms with Crippen LogP contribution in [0.25, 0.3) is 0 Å². The third kappa shape index (κ3) is 8.02. The van der Waals surface area contributed by atoms with Crippen molar-refractivity contribution >= 4 is 27.7 Å². The van der Waals surface area contributed by atoms with Crippen LogP contribution in [0.15, 0.2) is 18.2 Å². The lowest BCUT2D eigenvalue weighted by atomic mass is 10.2. The minimum atomic E-state index is -4.67. The predicted octanol–water partition coefficient (Wildman–Crippen LogP) is 0.356. The van der Waals surface area contributed by atoms with Gasteiger partial charge in [0.2, 0.25) is 0 Å². The number of nitrogen functional groups attached to an aromatic ring is 1. The van der Waals surface area contributed by atoms with Gasteiger partial charge in [0.1, 0.15) is 0 Å². The molecule has 96 valence electrons. The Morgan fingerprint density at radius 1 is 1.29 bits per heavy atom. The molecule has 0 aliphatic rings. The Bertz CT molecular complexity index is 491. The smallest absolute Gasteiger partial charge is 0.394 e. The molecule has 0 aliphatic heterocycles. The van der Waals surface area contributed by atoms with Gasteiger partial charge in [-0.05, 0) is 18.2 Å². The highest BCUT2D eigenvalue weighted by Gasteiger charge is 2.04. The summed E-state index contributed by atoms with van der Waals surface area (Å²) in [7, 11) is -2.96. The number of carbonyl (C=O) groups is 1. The van der Waals surface area contributed by atoms with Crippen molar-refractivity contribution in [3.05, 3.63) is 23.8 Å². The second-order valence-electron chi connectivity index (χ2n) is 2.85. The van der Waals surface area contributed by atoms with E-state index in [-0.39, 0.29) is 5.56 Å². The molecule has 1 aromatic carbocycles. The molecule has 8 nitrogen and oxygen atoms in total. The lowest BCUT2D eigenvalue weighted by molar-refractivity contribution is 0.0697. The SMILES string of the molecule is CNc1cc(N)cc(C(=O)O)c1.O=S(=O)(O)O. The minimum Gasteiger partial charge on any atom is -0.478 e. The zero-order valence-corrected chi connectivity index (χ0v) is 9.60. The molecule has 0 saturated heterocycles. The molecule has 0 heterocycles. The molecule has 1 aromatic rings. The van der Waals surface area contributed by atoms with Crippen molar-refractivity contribution in [2.75, 3.05) is 18.1 Å². The summed E-state index contributed by atoms with van der Waals surface area (Å²) in [5.41, 5.74) is 6.81. The largest absolute Gasteiger partial charge is 0.478 e. The summed E-state index contributed by atoms with van der Waals surface area (Å²) in [6, 6.07) is 4.62. The number of carboxylic acids is 1. The topological polar surface area (TPSA) is 150 Å². The van der Waals surface area contributed by atoms with Crippen molar-refractivity contribution in [1.82, 2.24) is 0 Å². The van der Waals surface area contributed by atoms with E-state index in [1.165, 1.54) is 12.1 Å². The van der Waals surface area contributed by atoms with Crippen LogP contribution in [-0.2, 0) is 10.4 Å². The zero-order chi connectivity index (χ0) is 13.6. The van der Waals surface area contributed by atoms with Crippen LogP contribution < -0.4 is 11.1 Å². The third-order valence-corrected chi connectivity index (χ3v) is 1.49. The van der Waals surface area contributed by atoms with Crippen LogP contribution in [0, 0.1) is 0 Å². The van der Waals surface area contributed by atoms with E-state index in [9.17, 15) is 4.79 Å². The molecular weight excluding hydrogens is 252 g/mol. The fourth-order valence-electron chi connectivity index (χ4n) is 0.919. The summed E-state index contributed by atoms with van der Waals surface area (Å²) in [4.78, 5) is 10.5. The van der Waals surface area contributed by atoms with E-state index in [4.69, 9.17) is 28.4 Å². The number of rotatable bonds is 2. The van der Waals surface area contributed by atoms with Gasteiger partial charge < -0.3 is 16.2 Å². The van der Waals surface area contributed by atoms with Crippen LogP contribution in [0.2, 0.25) is 0 Å². The number of hydrogen-bond acceptors (Lipinski definition) is 5. The average Bonchev–Trinajstić information content (AvgIpc) is 2.14. The molecule has 0 aromatic heterocycles. The van der Waals surface area contributed by atoms with Crippen molar-refractivity contribution < 1.29 is 27.4 Å². The molecule has 0 unspecified atom stereocenters. The van der Waals surface area contributed by atoms with Crippen molar-refractivity contribution in [3.63, 3.8) is 0 Å². The Labute approximate surface area is 97.6 Å². The lowest BCUT2D eigenvalue weighted by Crippen LogP contribution is -2.00. The van der Waals surface area contributed by atoms with E-state index < -0.39 is 16.4 Å². The maximum Gasteiger partial charge on any atom is 0.394 e. The van der Waals surface area contributed by atoms with E-state index in [1.807, 2.05) is 0 Å². The molecule has 0 bridgehead atoms. The monoisotopic (exact) mass is 264 g/mol. The van der Waals surface area contributed by atoms with Gasteiger partial charge in [-0.15, -0.1) is 0 Å². The van der Waals surface area contributed by atoms with Crippen LogP contribution >= 0.6 is 0 Å². The number of nitrogens with two attached hydrogens (primary N) is 1. The van der Waals surface area contributed by atoms with E-state index in [1.54, 1.807) is 13.1 Å². The van der Waals surface area contributed by atoms with Crippen molar-refractivity contribution in [2.24, 2.45) is 0 Å². The third-order valence-electron chi connectivity index (χ3n) is 1.49. The highest BCUT2D eigenvalue weighted by molar-refractivity contribution is 7.79. The maximum absolute atomic E-state index is 10.5. The maximum atomic E-state index is 10.5. The number of carboxylic acid groups (broad SMARTS) is 1. The molecular formula is C8H12N2O6S. The van der Waals surface area contributed by atoms with Gasteiger partial charge in [0.25, 0.3) is 0 Å². The van der Waals surface area contributed by atoms with Gasteiger partial charge in [0.05, 0.1) is 5.56 Å². The summed E-state index contributed by atoms with van der Waals surface area (Å²) in [6.45, 7) is 0. The van der Waals surface area contributed by atoms with E-state index >= 15 is 0 Å². The molecule has 1 rings (SSSR count). The molecule has 0 atom stereocenters. The molecule has 17 heavy (non-hydrogen) atoms. The Balaban J connectivity index is 0.000000437. The van der Waals surface area contributed by atoms with Crippen LogP contribution in [-0.4, -0.2) is 35.6 Å². The normalized spacial score (nSPS) is 10.1. The predicted molar refractivity (Wildman–Crippen MR) is 61.5 cm³/mol. The number of hydrogen-bond donors (Lipinski definition) is 5. The number of aromatic carboxylic acids is 1. The second-order valence-corrected chi connectivity index (χ2v) is 3.74. The Hall–Kier alpha value is -1.84. The molecule has 0 spiro atoms. The highest BCUT2D eigenvalue weighted by Crippen LogP contribution is 2.15. The summed E-state index contributed by atoms with van der Waals surface area (Å²) in [5, 5.41) is 11.5. The highest BCUT2D eigenvalue weighted by atomic mass is 32.3. The van der Waals surface area contributed by atoms with Crippen molar-refractivity contribution in [1.29, 1.82) is 0 Å². The lowest BCUT2D eigenvalue weighted by Gasteiger charge is -2.02. The Morgan fingerprint density at radius 2 is 1.76 bits per heavy atom. The van der Waals surface area contributed by atoms with Crippen LogP contribution in [0.5, 0.6) is 0 Å². The summed E-state index contributed by atoms with van der Waals surface area (Å²) >= 11 is 0. The first-order valence-electron chi connectivity index (χ1n) is 4.15. The molecule has 0 fully saturated rings. The fraction of sp³-hybridized carbons (Fsp3) is 0.125. The summed E-state index contributed by atoms with van der Waals surface area (Å²) < 4.78 is 31.6. The average molecular weight is 264 g/mol.